The summed E-state index contributed by atoms with van der Waals surface area (Å²) in [5.74, 6) is -4.50. The average molecular weight is 679 g/mol. The maximum atomic E-state index is 15.3. The summed E-state index contributed by atoms with van der Waals surface area (Å²) in [5.41, 5.74) is 0.675. The van der Waals surface area contributed by atoms with Crippen molar-refractivity contribution in [3.63, 3.8) is 0 Å². The van der Waals surface area contributed by atoms with Crippen molar-refractivity contribution in [2.75, 3.05) is 12.0 Å². The molecule has 242 valence electrons. The van der Waals surface area contributed by atoms with Crippen LogP contribution in [0.5, 0.6) is 11.5 Å². The predicted octanol–water partition coefficient (Wildman–Crippen LogP) is 6.48. The molecule has 1 aromatic heterocycles. The summed E-state index contributed by atoms with van der Waals surface area (Å²) in [6, 6.07) is 24.5. The van der Waals surface area contributed by atoms with Crippen LogP contribution in [0.3, 0.4) is 0 Å². The van der Waals surface area contributed by atoms with Crippen LogP contribution in [-0.2, 0) is 31.1 Å². The molecule has 3 heterocycles. The first-order valence-corrected chi connectivity index (χ1v) is 17.1. The van der Waals surface area contributed by atoms with Crippen molar-refractivity contribution in [3.8, 4) is 11.5 Å². The van der Waals surface area contributed by atoms with E-state index in [-0.39, 0.29) is 30.5 Å². The van der Waals surface area contributed by atoms with E-state index in [2.05, 4.69) is 0 Å². The number of methoxy groups -OCH3 is 1. The number of carbonyl (C=O) groups is 4. The Balaban J connectivity index is 1.36. The lowest BCUT2D eigenvalue weighted by molar-refractivity contribution is -0.141. The minimum atomic E-state index is -1.48. The highest BCUT2D eigenvalue weighted by Crippen LogP contribution is 2.65. The second-order valence-corrected chi connectivity index (χ2v) is 14.3. The standard InChI is InChI=1S/C38H31ClN2O6S/c1-47-24-12-15-31(42)29(18-24)33-26-13-14-27-32(36(45)40(34(27)43)20-25-11-6-16-48-25)28(26)19-30-35(44)41(23-10-5-9-22(39)17-23)37(46)38(30,33)21-7-3-2-4-8-21/h2-13,15-18,27-28,30,32-33,42H,14,19-20H2,1H3. The largest absolute Gasteiger partial charge is 0.508 e. The fourth-order valence-corrected chi connectivity index (χ4v) is 9.64. The van der Waals surface area contributed by atoms with Gasteiger partial charge in [0.25, 0.3) is 0 Å². The van der Waals surface area contributed by atoms with Crippen LogP contribution in [-0.4, -0.2) is 40.7 Å². The number of phenolic OH excluding ortho intramolecular Hbond substituents is 1. The molecule has 2 aliphatic carbocycles. The fraction of sp³-hybridized carbons (Fsp3) is 0.263. The molecule has 1 N–H and O–H groups in total. The van der Waals surface area contributed by atoms with Gasteiger partial charge in [0.05, 0.1) is 42.5 Å². The van der Waals surface area contributed by atoms with Gasteiger partial charge in [-0.2, -0.15) is 0 Å². The molecule has 4 aliphatic rings. The molecule has 0 bridgehead atoms. The van der Waals surface area contributed by atoms with Gasteiger partial charge >= 0.3 is 0 Å². The molecule has 3 aromatic carbocycles. The summed E-state index contributed by atoms with van der Waals surface area (Å²) in [7, 11) is 1.52. The molecule has 3 fully saturated rings. The van der Waals surface area contributed by atoms with Crippen molar-refractivity contribution in [2.24, 2.45) is 23.7 Å². The Labute approximate surface area is 286 Å². The lowest BCUT2D eigenvalue weighted by atomic mass is 9.49. The number of likely N-dealkylation sites (tertiary alicyclic amines) is 1. The number of benzene rings is 3. The van der Waals surface area contributed by atoms with Crippen LogP contribution in [0.1, 0.15) is 34.8 Å². The molecule has 4 amide bonds. The van der Waals surface area contributed by atoms with Crippen molar-refractivity contribution in [1.29, 1.82) is 0 Å². The maximum Gasteiger partial charge on any atom is 0.246 e. The third kappa shape index (κ3) is 4.33. The van der Waals surface area contributed by atoms with Crippen LogP contribution in [0.2, 0.25) is 5.02 Å². The topological polar surface area (TPSA) is 104 Å². The van der Waals surface area contributed by atoms with E-state index in [9.17, 15) is 19.5 Å². The van der Waals surface area contributed by atoms with Gasteiger partial charge in [0, 0.05) is 21.4 Å². The Morgan fingerprint density at radius 3 is 2.46 bits per heavy atom. The second-order valence-electron chi connectivity index (χ2n) is 12.9. The highest BCUT2D eigenvalue weighted by atomic mass is 35.5. The summed E-state index contributed by atoms with van der Waals surface area (Å²) in [6.07, 6.45) is 2.46. The number of ether oxygens (including phenoxy) is 1. The number of amides is 4. The molecule has 10 heteroatoms. The molecule has 48 heavy (non-hydrogen) atoms. The number of rotatable bonds is 6. The maximum absolute atomic E-state index is 15.3. The van der Waals surface area contributed by atoms with E-state index >= 15 is 4.79 Å². The van der Waals surface area contributed by atoms with Crippen LogP contribution in [0.25, 0.3) is 0 Å². The van der Waals surface area contributed by atoms with Crippen molar-refractivity contribution in [1.82, 2.24) is 4.90 Å². The Bertz CT molecular complexity index is 2010. The zero-order chi connectivity index (χ0) is 33.3. The fourth-order valence-electron chi connectivity index (χ4n) is 8.76. The highest BCUT2D eigenvalue weighted by molar-refractivity contribution is 7.09. The van der Waals surface area contributed by atoms with E-state index < -0.39 is 46.8 Å². The van der Waals surface area contributed by atoms with Crippen molar-refractivity contribution in [3.05, 3.63) is 123 Å². The lowest BCUT2D eigenvalue weighted by Gasteiger charge is -2.50. The zero-order valence-corrected chi connectivity index (χ0v) is 27.5. The van der Waals surface area contributed by atoms with Crippen LogP contribution < -0.4 is 9.64 Å². The number of nitrogens with zero attached hydrogens (tertiary/aromatic N) is 2. The number of fused-ring (bicyclic) bond motifs is 4. The first kappa shape index (κ1) is 30.6. The third-order valence-corrected chi connectivity index (χ3v) is 11.8. The Morgan fingerprint density at radius 1 is 0.917 bits per heavy atom. The number of aromatic hydroxyl groups is 1. The second kappa shape index (κ2) is 11.5. The van der Waals surface area contributed by atoms with Crippen LogP contribution in [0.4, 0.5) is 5.69 Å². The summed E-state index contributed by atoms with van der Waals surface area (Å²) in [4.78, 5) is 61.7. The van der Waals surface area contributed by atoms with Crippen LogP contribution in [0.15, 0.2) is 102 Å². The monoisotopic (exact) mass is 678 g/mol. The van der Waals surface area contributed by atoms with E-state index in [1.807, 2.05) is 53.9 Å². The molecule has 6 unspecified atom stereocenters. The number of halogens is 1. The minimum absolute atomic E-state index is 0.0619. The van der Waals surface area contributed by atoms with E-state index in [0.29, 0.717) is 34.0 Å². The summed E-state index contributed by atoms with van der Waals surface area (Å²) >= 11 is 7.86. The molecule has 2 saturated heterocycles. The minimum Gasteiger partial charge on any atom is -0.508 e. The Morgan fingerprint density at radius 2 is 1.73 bits per heavy atom. The van der Waals surface area contributed by atoms with Gasteiger partial charge in [-0.05, 0) is 72.2 Å². The normalized spacial score (nSPS) is 27.9. The lowest BCUT2D eigenvalue weighted by Crippen LogP contribution is -2.53. The van der Waals surface area contributed by atoms with E-state index in [4.69, 9.17) is 16.3 Å². The van der Waals surface area contributed by atoms with Gasteiger partial charge in [-0.3, -0.25) is 24.1 Å². The molecule has 8 rings (SSSR count). The molecule has 8 nitrogen and oxygen atoms in total. The smallest absolute Gasteiger partial charge is 0.246 e. The molecule has 0 spiro atoms. The summed E-state index contributed by atoms with van der Waals surface area (Å²) < 4.78 is 5.59. The number of allylic oxidation sites excluding steroid dienone is 2. The highest BCUT2D eigenvalue weighted by Gasteiger charge is 2.70. The molecule has 6 atom stereocenters. The summed E-state index contributed by atoms with van der Waals surface area (Å²) in [5, 5.41) is 13.8. The quantitative estimate of drug-likeness (QED) is 0.185. The first-order valence-electron chi connectivity index (χ1n) is 15.9. The number of hydrogen-bond acceptors (Lipinski definition) is 7. The molecule has 2 aliphatic heterocycles. The molecule has 4 aromatic rings. The average Bonchev–Trinajstić information content (AvgIpc) is 3.76. The Kier molecular flexibility index (Phi) is 7.30. The van der Waals surface area contributed by atoms with Crippen LogP contribution in [0, 0.1) is 23.7 Å². The third-order valence-electron chi connectivity index (χ3n) is 10.7. The van der Waals surface area contributed by atoms with Gasteiger partial charge in [-0.25, -0.2) is 4.90 Å². The number of thiophene rings is 1. The van der Waals surface area contributed by atoms with Crippen molar-refractivity contribution < 1.29 is 29.0 Å². The molecule has 1 saturated carbocycles. The predicted molar refractivity (Wildman–Crippen MR) is 181 cm³/mol. The van der Waals surface area contributed by atoms with Gasteiger partial charge in [-0.15, -0.1) is 11.3 Å². The first-order chi connectivity index (χ1) is 23.2. The van der Waals surface area contributed by atoms with Crippen LogP contribution >= 0.6 is 22.9 Å². The summed E-state index contributed by atoms with van der Waals surface area (Å²) in [6.45, 7) is 0.196. The SMILES string of the molecule is COc1ccc(O)c(C2C3=CCC4C(=O)N(Cc5cccs5)C(=O)C4C3CC3C(=O)N(c4cccc(Cl)c4)C(=O)C32c2ccccc2)c1. The molecular weight excluding hydrogens is 648 g/mol. The van der Waals surface area contributed by atoms with Gasteiger partial charge in [-0.1, -0.05) is 65.7 Å². The van der Waals surface area contributed by atoms with Gasteiger partial charge in [0.15, 0.2) is 0 Å². The van der Waals surface area contributed by atoms with E-state index in [1.54, 1.807) is 36.4 Å². The van der Waals surface area contributed by atoms with Crippen molar-refractivity contribution >= 4 is 52.3 Å². The van der Waals surface area contributed by atoms with Gasteiger partial charge in [0.1, 0.15) is 11.5 Å². The number of phenols is 1. The van der Waals surface area contributed by atoms with E-state index in [0.717, 1.165) is 10.5 Å². The zero-order valence-electron chi connectivity index (χ0n) is 25.9. The van der Waals surface area contributed by atoms with Crippen molar-refractivity contribution in [2.45, 2.75) is 30.7 Å². The van der Waals surface area contributed by atoms with Gasteiger partial charge < -0.3 is 9.84 Å². The number of carbonyl (C=O) groups excluding carboxylic acids is 4. The van der Waals surface area contributed by atoms with Gasteiger partial charge in [0.2, 0.25) is 23.6 Å². The van der Waals surface area contributed by atoms with E-state index in [1.165, 1.54) is 34.3 Å². The number of hydrogen-bond donors (Lipinski definition) is 1. The number of anilines is 1. The molecular formula is C38H31ClN2O6S. The number of imide groups is 2. The molecule has 0 radical (unpaired) electrons. The Hall–Kier alpha value is -4.73.